The molecule has 2 aliphatic heterocycles. The Morgan fingerprint density at radius 1 is 1.00 bits per heavy atom. The Labute approximate surface area is 158 Å². The van der Waals surface area contributed by atoms with Crippen molar-refractivity contribution in [1.82, 2.24) is 0 Å². The zero-order valence-electron chi connectivity index (χ0n) is 15.1. The van der Waals surface area contributed by atoms with E-state index < -0.39 is 37.0 Å². The van der Waals surface area contributed by atoms with Crippen LogP contribution in [0.1, 0.15) is 17.4 Å². The maximum absolute atomic E-state index is 10.9. The van der Waals surface area contributed by atoms with Gasteiger partial charge in [0.2, 0.25) is 0 Å². The van der Waals surface area contributed by atoms with Crippen LogP contribution in [-0.4, -0.2) is 49.5 Å². The number of ether oxygens (including phenoxy) is 5. The van der Waals surface area contributed by atoms with Crippen molar-refractivity contribution in [3.05, 3.63) is 71.8 Å². The van der Waals surface area contributed by atoms with Crippen LogP contribution >= 0.6 is 0 Å². The number of rotatable bonds is 5. The highest BCUT2D eigenvalue weighted by Crippen LogP contribution is 2.35. The first-order valence-electron chi connectivity index (χ1n) is 9.10. The lowest BCUT2D eigenvalue weighted by Crippen LogP contribution is -2.62. The van der Waals surface area contributed by atoms with Crippen LogP contribution in [0.15, 0.2) is 60.7 Å². The maximum atomic E-state index is 10.9. The highest BCUT2D eigenvalue weighted by atomic mass is 16.8. The van der Waals surface area contributed by atoms with E-state index in [0.717, 1.165) is 11.1 Å². The van der Waals surface area contributed by atoms with Gasteiger partial charge in [-0.2, -0.15) is 0 Å². The Morgan fingerprint density at radius 2 is 1.70 bits per heavy atom. The minimum atomic E-state index is -0.896. The van der Waals surface area contributed by atoms with E-state index >= 15 is 0 Å². The Hall–Kier alpha value is -1.80. The number of aliphatic hydroxyl groups excluding tert-OH is 1. The van der Waals surface area contributed by atoms with Crippen LogP contribution in [-0.2, 0) is 30.3 Å². The summed E-state index contributed by atoms with van der Waals surface area (Å²) in [4.78, 5) is 0. The van der Waals surface area contributed by atoms with E-state index in [2.05, 4.69) is 0 Å². The van der Waals surface area contributed by atoms with Gasteiger partial charge in [0.05, 0.1) is 13.2 Å². The van der Waals surface area contributed by atoms with Gasteiger partial charge in [-0.15, -0.1) is 0 Å². The molecule has 2 aromatic carbocycles. The zero-order valence-corrected chi connectivity index (χ0v) is 15.1. The van der Waals surface area contributed by atoms with E-state index in [1.54, 1.807) is 0 Å². The molecule has 1 N–H and O–H groups in total. The average molecular weight is 372 g/mol. The number of hydrogen-bond acceptors (Lipinski definition) is 6. The van der Waals surface area contributed by atoms with Gasteiger partial charge in [0.1, 0.15) is 24.4 Å². The molecular weight excluding hydrogens is 348 g/mol. The van der Waals surface area contributed by atoms with Gasteiger partial charge < -0.3 is 28.8 Å². The molecule has 6 heteroatoms. The van der Waals surface area contributed by atoms with Crippen LogP contribution in [0.25, 0.3) is 0 Å². The van der Waals surface area contributed by atoms with Gasteiger partial charge in [0.15, 0.2) is 12.6 Å². The molecule has 0 saturated carbocycles. The Morgan fingerprint density at radius 3 is 2.41 bits per heavy atom. The second-order valence-electron chi connectivity index (χ2n) is 6.71. The van der Waals surface area contributed by atoms with Crippen molar-refractivity contribution in [1.29, 1.82) is 0 Å². The van der Waals surface area contributed by atoms with Crippen LogP contribution in [0.5, 0.6) is 0 Å². The summed E-state index contributed by atoms with van der Waals surface area (Å²) >= 11 is 0. The fourth-order valence-corrected chi connectivity index (χ4v) is 3.48. The van der Waals surface area contributed by atoms with E-state index in [4.69, 9.17) is 23.7 Å². The first kappa shape index (κ1) is 18.6. The summed E-state index contributed by atoms with van der Waals surface area (Å²) in [6.45, 7) is 0.661. The van der Waals surface area contributed by atoms with Gasteiger partial charge >= 0.3 is 0 Å². The Balaban J connectivity index is 1.46. The van der Waals surface area contributed by atoms with Crippen molar-refractivity contribution in [2.75, 3.05) is 13.7 Å². The van der Waals surface area contributed by atoms with Crippen molar-refractivity contribution in [3.8, 4) is 0 Å². The molecule has 2 heterocycles. The topological polar surface area (TPSA) is 66.4 Å². The number of fused-ring (bicyclic) bond motifs is 1. The lowest BCUT2D eigenvalue weighted by molar-refractivity contribution is -0.363. The monoisotopic (exact) mass is 372 g/mol. The molecule has 6 nitrogen and oxygen atoms in total. The van der Waals surface area contributed by atoms with Gasteiger partial charge in [-0.1, -0.05) is 60.7 Å². The molecule has 0 aliphatic carbocycles. The van der Waals surface area contributed by atoms with E-state index in [1.165, 1.54) is 7.11 Å². The molecule has 0 aromatic heterocycles. The lowest BCUT2D eigenvalue weighted by atomic mass is 9.97. The molecule has 0 bridgehead atoms. The molecule has 0 radical (unpaired) electrons. The highest BCUT2D eigenvalue weighted by molar-refractivity contribution is 5.17. The van der Waals surface area contributed by atoms with Gasteiger partial charge in [-0.25, -0.2) is 0 Å². The summed E-state index contributed by atoms with van der Waals surface area (Å²) in [6, 6.07) is 19.4. The van der Waals surface area contributed by atoms with Gasteiger partial charge in [0, 0.05) is 12.7 Å². The molecule has 144 valence electrons. The normalized spacial score (nSPS) is 33.4. The molecule has 6 atom stereocenters. The summed E-state index contributed by atoms with van der Waals surface area (Å²) in [6.07, 6.45) is -3.76. The van der Waals surface area contributed by atoms with Crippen LogP contribution in [0, 0.1) is 0 Å². The minimum absolute atomic E-state index is 0.312. The predicted octanol–water partition coefficient (Wildman–Crippen LogP) is 2.42. The van der Waals surface area contributed by atoms with E-state index in [1.807, 2.05) is 60.7 Å². The van der Waals surface area contributed by atoms with E-state index in [9.17, 15) is 5.11 Å². The van der Waals surface area contributed by atoms with E-state index in [-0.39, 0.29) is 0 Å². The molecule has 0 spiro atoms. The largest absolute Gasteiger partial charge is 0.387 e. The highest BCUT2D eigenvalue weighted by Gasteiger charge is 2.50. The Bertz CT molecular complexity index is 703. The van der Waals surface area contributed by atoms with Gasteiger partial charge in [-0.05, 0) is 5.56 Å². The number of hydrogen-bond donors (Lipinski definition) is 1. The quantitative estimate of drug-likeness (QED) is 0.870. The van der Waals surface area contributed by atoms with Crippen LogP contribution in [0.3, 0.4) is 0 Å². The second-order valence-corrected chi connectivity index (χ2v) is 6.71. The van der Waals surface area contributed by atoms with Crippen LogP contribution in [0.4, 0.5) is 0 Å². The molecule has 27 heavy (non-hydrogen) atoms. The zero-order chi connectivity index (χ0) is 18.6. The minimum Gasteiger partial charge on any atom is -0.387 e. The summed E-state index contributed by atoms with van der Waals surface area (Å²) in [5, 5.41) is 10.9. The molecule has 2 saturated heterocycles. The molecule has 2 aromatic rings. The first-order valence-corrected chi connectivity index (χ1v) is 9.10. The molecule has 2 fully saturated rings. The maximum Gasteiger partial charge on any atom is 0.186 e. The fourth-order valence-electron chi connectivity index (χ4n) is 3.48. The summed E-state index contributed by atoms with van der Waals surface area (Å²) in [5.41, 5.74) is 1.91. The van der Waals surface area contributed by atoms with Crippen molar-refractivity contribution < 1.29 is 28.8 Å². The van der Waals surface area contributed by atoms with E-state index in [0.29, 0.717) is 13.2 Å². The Kier molecular flexibility index (Phi) is 5.83. The van der Waals surface area contributed by atoms with Gasteiger partial charge in [0.25, 0.3) is 0 Å². The SMILES string of the molecule is CO[C@H]1O[C@@H]2COC(c3ccccc3)O[C@H]2[C@@H](O)[C@H]1OCc1ccccc1. The summed E-state index contributed by atoms with van der Waals surface area (Å²) < 4.78 is 29.1. The third kappa shape index (κ3) is 4.06. The molecular formula is C21H24O6. The van der Waals surface area contributed by atoms with Crippen molar-refractivity contribution >= 4 is 0 Å². The third-order valence-corrected chi connectivity index (χ3v) is 4.90. The number of methoxy groups -OCH3 is 1. The predicted molar refractivity (Wildman–Crippen MR) is 96.7 cm³/mol. The van der Waals surface area contributed by atoms with Crippen molar-refractivity contribution in [2.45, 2.75) is 43.6 Å². The second kappa shape index (κ2) is 8.48. The molecule has 2 aliphatic rings. The van der Waals surface area contributed by atoms with Gasteiger partial charge in [-0.3, -0.25) is 0 Å². The van der Waals surface area contributed by atoms with Crippen molar-refractivity contribution in [3.63, 3.8) is 0 Å². The number of aliphatic hydroxyl groups is 1. The van der Waals surface area contributed by atoms with Crippen LogP contribution < -0.4 is 0 Å². The average Bonchev–Trinajstić information content (AvgIpc) is 2.74. The van der Waals surface area contributed by atoms with Crippen LogP contribution in [0.2, 0.25) is 0 Å². The molecule has 1 unspecified atom stereocenters. The molecule has 0 amide bonds. The first-order chi connectivity index (χ1) is 13.3. The standard InChI is InChI=1S/C21H24O6/c1-23-21-19(24-12-14-8-4-2-5-9-14)17(22)18-16(26-21)13-25-20(27-18)15-10-6-3-7-11-15/h2-11,16-22H,12-13H2,1H3/t16-,17-,18-,19-,20?,21+/m1/s1. The summed E-state index contributed by atoms with van der Waals surface area (Å²) in [7, 11) is 1.54. The van der Waals surface area contributed by atoms with Crippen molar-refractivity contribution in [2.24, 2.45) is 0 Å². The number of benzene rings is 2. The smallest absolute Gasteiger partial charge is 0.186 e. The third-order valence-electron chi connectivity index (χ3n) is 4.90. The fraction of sp³-hybridized carbons (Fsp3) is 0.429. The summed E-state index contributed by atoms with van der Waals surface area (Å²) in [5.74, 6) is 0. The molecule has 4 rings (SSSR count). The lowest BCUT2D eigenvalue weighted by Gasteiger charge is -2.47.